The smallest absolute Gasteiger partial charge is 0.141 e. The van der Waals surface area contributed by atoms with Crippen LogP contribution in [0.15, 0.2) is 40.9 Å². The van der Waals surface area contributed by atoms with Gasteiger partial charge in [0.25, 0.3) is 0 Å². The molecule has 5 heteroatoms. The van der Waals surface area contributed by atoms with Crippen LogP contribution in [0.5, 0.6) is 0 Å². The van der Waals surface area contributed by atoms with Gasteiger partial charge in [0.2, 0.25) is 0 Å². The number of hydrogen-bond donors (Lipinski definition) is 2. The van der Waals surface area contributed by atoms with Crippen LogP contribution in [-0.4, -0.2) is 5.16 Å². The van der Waals surface area contributed by atoms with Crippen LogP contribution in [0.4, 0.5) is 11.4 Å². The molecular formula is C17H16ClN3O. The summed E-state index contributed by atoms with van der Waals surface area (Å²) in [6.45, 7) is 3.80. The van der Waals surface area contributed by atoms with E-state index in [1.54, 1.807) is 6.07 Å². The van der Waals surface area contributed by atoms with E-state index in [0.29, 0.717) is 16.4 Å². The van der Waals surface area contributed by atoms with Crippen LogP contribution in [-0.2, 0) is 0 Å². The van der Waals surface area contributed by atoms with Gasteiger partial charge >= 0.3 is 0 Å². The zero-order valence-corrected chi connectivity index (χ0v) is 13.1. The summed E-state index contributed by atoms with van der Waals surface area (Å²) in [6.07, 6.45) is 0. The second-order valence-electron chi connectivity index (χ2n) is 5.21. The average molecular weight is 314 g/mol. The van der Waals surface area contributed by atoms with Gasteiger partial charge in [-0.15, -0.1) is 0 Å². The number of rotatable bonds is 2. The van der Waals surface area contributed by atoms with Crippen LogP contribution >= 0.6 is 11.6 Å². The second-order valence-corrected chi connectivity index (χ2v) is 5.61. The molecule has 0 spiro atoms. The minimum absolute atomic E-state index is 0.530. The predicted octanol–water partition coefficient (Wildman–Crippen LogP) is 4.44. The van der Waals surface area contributed by atoms with E-state index >= 15 is 0 Å². The monoisotopic (exact) mass is 313 g/mol. The van der Waals surface area contributed by atoms with Crippen molar-refractivity contribution in [3.8, 4) is 22.3 Å². The summed E-state index contributed by atoms with van der Waals surface area (Å²) in [4.78, 5) is 0. The molecule has 1 aromatic heterocycles. The summed E-state index contributed by atoms with van der Waals surface area (Å²) in [5.74, 6) is 0.754. The van der Waals surface area contributed by atoms with Gasteiger partial charge in [-0.3, -0.25) is 0 Å². The maximum atomic E-state index is 6.45. The third-order valence-electron chi connectivity index (χ3n) is 3.69. The van der Waals surface area contributed by atoms with Gasteiger partial charge in [-0.1, -0.05) is 35.0 Å². The van der Waals surface area contributed by atoms with E-state index in [1.165, 1.54) is 0 Å². The van der Waals surface area contributed by atoms with Crippen molar-refractivity contribution in [1.29, 1.82) is 0 Å². The number of nitrogens with two attached hydrogens (primary N) is 2. The average Bonchev–Trinajstić information content (AvgIpc) is 2.81. The molecule has 0 aliphatic rings. The molecule has 0 atom stereocenters. The number of hydrogen-bond acceptors (Lipinski definition) is 4. The fraction of sp³-hybridized carbons (Fsp3) is 0.118. The largest absolute Gasteiger partial charge is 0.397 e. The Balaban J connectivity index is 2.30. The lowest BCUT2D eigenvalue weighted by atomic mass is 9.93. The third kappa shape index (κ3) is 2.31. The normalized spacial score (nSPS) is 10.9. The summed E-state index contributed by atoms with van der Waals surface area (Å²) in [7, 11) is 0. The Labute approximate surface area is 133 Å². The molecule has 0 aliphatic carbocycles. The number of nitrogens with zero attached hydrogens (tertiary/aromatic N) is 1. The van der Waals surface area contributed by atoms with E-state index in [-0.39, 0.29) is 0 Å². The molecule has 22 heavy (non-hydrogen) atoms. The van der Waals surface area contributed by atoms with Crippen molar-refractivity contribution in [1.82, 2.24) is 5.16 Å². The van der Waals surface area contributed by atoms with Gasteiger partial charge in [0, 0.05) is 16.1 Å². The zero-order valence-electron chi connectivity index (χ0n) is 12.4. The Morgan fingerprint density at radius 3 is 2.41 bits per heavy atom. The molecule has 0 aliphatic heterocycles. The van der Waals surface area contributed by atoms with Gasteiger partial charge < -0.3 is 16.0 Å². The molecule has 3 aromatic rings. The number of nitrogen functional groups attached to an aromatic ring is 2. The third-order valence-corrected chi connectivity index (χ3v) is 4.01. The SMILES string of the molecule is Cc1noc(C)c1-c1cccc(Cl)c1-c1ccc(N)c(N)c1. The molecule has 0 unspecified atom stereocenters. The fourth-order valence-electron chi connectivity index (χ4n) is 2.62. The summed E-state index contributed by atoms with van der Waals surface area (Å²) < 4.78 is 5.29. The molecule has 0 amide bonds. The summed E-state index contributed by atoms with van der Waals surface area (Å²) in [6, 6.07) is 11.3. The first kappa shape index (κ1) is 14.5. The van der Waals surface area contributed by atoms with E-state index in [9.17, 15) is 0 Å². The molecule has 0 fully saturated rings. The maximum absolute atomic E-state index is 6.45. The van der Waals surface area contributed by atoms with E-state index in [2.05, 4.69) is 5.16 Å². The molecule has 4 N–H and O–H groups in total. The number of aryl methyl sites for hydroxylation is 2. The molecule has 0 saturated carbocycles. The van der Waals surface area contributed by atoms with E-state index in [1.807, 2.05) is 44.2 Å². The Morgan fingerprint density at radius 1 is 1.00 bits per heavy atom. The predicted molar refractivity (Wildman–Crippen MR) is 90.7 cm³/mol. The number of anilines is 2. The van der Waals surface area contributed by atoms with Gasteiger partial charge in [-0.25, -0.2) is 0 Å². The molecular weight excluding hydrogens is 298 g/mol. The standard InChI is InChI=1S/C17H16ClN3O/c1-9-16(10(2)22-21-9)12-4-3-5-13(18)17(12)11-6-7-14(19)15(20)8-11/h3-8H,19-20H2,1-2H3. The molecule has 0 saturated heterocycles. The lowest BCUT2D eigenvalue weighted by Gasteiger charge is -2.13. The molecule has 1 heterocycles. The summed E-state index contributed by atoms with van der Waals surface area (Å²) >= 11 is 6.45. The van der Waals surface area contributed by atoms with Crippen LogP contribution in [0, 0.1) is 13.8 Å². The van der Waals surface area contributed by atoms with E-state index < -0.39 is 0 Å². The van der Waals surface area contributed by atoms with Crippen LogP contribution in [0.1, 0.15) is 11.5 Å². The first-order valence-corrected chi connectivity index (χ1v) is 7.24. The molecule has 4 nitrogen and oxygen atoms in total. The minimum Gasteiger partial charge on any atom is -0.397 e. The van der Waals surface area contributed by atoms with Crippen molar-refractivity contribution in [3.05, 3.63) is 52.9 Å². The van der Waals surface area contributed by atoms with Crippen molar-refractivity contribution >= 4 is 23.0 Å². The van der Waals surface area contributed by atoms with Gasteiger partial charge in [0.05, 0.1) is 17.1 Å². The Hall–Kier alpha value is -2.46. The van der Waals surface area contributed by atoms with Crippen LogP contribution in [0.2, 0.25) is 5.02 Å². The first-order chi connectivity index (χ1) is 10.5. The fourth-order valence-corrected chi connectivity index (χ4v) is 2.91. The highest BCUT2D eigenvalue weighted by Crippen LogP contribution is 2.40. The Bertz CT molecular complexity index is 836. The first-order valence-electron chi connectivity index (χ1n) is 6.86. The number of aromatic nitrogens is 1. The zero-order chi connectivity index (χ0) is 15.9. The minimum atomic E-state index is 0.530. The quantitative estimate of drug-likeness (QED) is 0.685. The lowest BCUT2D eigenvalue weighted by molar-refractivity contribution is 0.393. The molecule has 3 rings (SSSR count). The number of halogens is 1. The van der Waals surface area contributed by atoms with Gasteiger partial charge in [-0.05, 0) is 43.2 Å². The van der Waals surface area contributed by atoms with Crippen molar-refractivity contribution in [2.24, 2.45) is 0 Å². The molecule has 2 aromatic carbocycles. The van der Waals surface area contributed by atoms with Gasteiger partial charge in [-0.2, -0.15) is 0 Å². The van der Waals surface area contributed by atoms with Crippen molar-refractivity contribution in [2.75, 3.05) is 11.5 Å². The number of benzene rings is 2. The molecule has 112 valence electrons. The topological polar surface area (TPSA) is 78.1 Å². The molecule has 0 radical (unpaired) electrons. The van der Waals surface area contributed by atoms with Gasteiger partial charge in [0.1, 0.15) is 5.76 Å². The van der Waals surface area contributed by atoms with Crippen LogP contribution < -0.4 is 11.5 Å². The molecule has 0 bridgehead atoms. The van der Waals surface area contributed by atoms with Crippen LogP contribution in [0.25, 0.3) is 22.3 Å². The lowest BCUT2D eigenvalue weighted by Crippen LogP contribution is -1.95. The highest BCUT2D eigenvalue weighted by Gasteiger charge is 2.18. The van der Waals surface area contributed by atoms with E-state index in [0.717, 1.165) is 33.7 Å². The van der Waals surface area contributed by atoms with Gasteiger partial charge in [0.15, 0.2) is 0 Å². The summed E-state index contributed by atoms with van der Waals surface area (Å²) in [5.41, 5.74) is 17.4. The highest BCUT2D eigenvalue weighted by atomic mass is 35.5. The second kappa shape index (κ2) is 5.39. The Morgan fingerprint density at radius 2 is 1.77 bits per heavy atom. The van der Waals surface area contributed by atoms with Crippen molar-refractivity contribution in [3.63, 3.8) is 0 Å². The van der Waals surface area contributed by atoms with E-state index in [4.69, 9.17) is 27.6 Å². The Kier molecular flexibility index (Phi) is 3.54. The highest BCUT2D eigenvalue weighted by molar-refractivity contribution is 6.34. The summed E-state index contributed by atoms with van der Waals surface area (Å²) in [5, 5.41) is 4.67. The van der Waals surface area contributed by atoms with Crippen molar-refractivity contribution < 1.29 is 4.52 Å². The maximum Gasteiger partial charge on any atom is 0.141 e. The van der Waals surface area contributed by atoms with Crippen LogP contribution in [0.3, 0.4) is 0 Å². The van der Waals surface area contributed by atoms with Crippen molar-refractivity contribution in [2.45, 2.75) is 13.8 Å².